The number of hydrogen-bond acceptors (Lipinski definition) is 5. The summed E-state index contributed by atoms with van der Waals surface area (Å²) in [6.45, 7) is 4.70. The van der Waals surface area contributed by atoms with Gasteiger partial charge in [-0.1, -0.05) is 0 Å². The first-order valence-corrected chi connectivity index (χ1v) is 6.62. The first-order valence-electron chi connectivity index (χ1n) is 6.62. The van der Waals surface area contributed by atoms with Crippen LogP contribution in [-0.2, 0) is 0 Å². The van der Waals surface area contributed by atoms with E-state index in [1.165, 1.54) is 12.6 Å². The van der Waals surface area contributed by atoms with E-state index in [4.69, 9.17) is 0 Å². The van der Waals surface area contributed by atoms with Crippen molar-refractivity contribution in [2.24, 2.45) is 5.92 Å². The lowest BCUT2D eigenvalue weighted by Crippen LogP contribution is -2.39. The molecule has 1 aliphatic rings. The number of nitrogens with one attached hydrogen (secondary N) is 1. The third kappa shape index (κ3) is 3.20. The molecule has 0 radical (unpaired) electrons. The van der Waals surface area contributed by atoms with E-state index in [2.05, 4.69) is 15.2 Å². The van der Waals surface area contributed by atoms with Crippen molar-refractivity contribution in [3.8, 4) is 0 Å². The van der Waals surface area contributed by atoms with Crippen LogP contribution in [0.15, 0.2) is 12.3 Å². The molecule has 1 unspecified atom stereocenters. The molecule has 1 N–H and O–H groups in total. The molecule has 6 nitrogen and oxygen atoms in total. The third-order valence-electron chi connectivity index (χ3n) is 3.60. The molecular weight excluding hydrogens is 244 g/mol. The maximum absolute atomic E-state index is 10.8. The minimum Gasteiger partial charge on any atom is -0.356 e. The van der Waals surface area contributed by atoms with Crippen LogP contribution in [0.4, 0.5) is 11.5 Å². The summed E-state index contributed by atoms with van der Waals surface area (Å²) in [5, 5.41) is 14.0. The van der Waals surface area contributed by atoms with Gasteiger partial charge in [0.05, 0.1) is 4.92 Å². The Morgan fingerprint density at radius 2 is 2.42 bits per heavy atom. The Labute approximate surface area is 113 Å². The van der Waals surface area contributed by atoms with Gasteiger partial charge in [0.25, 0.3) is 5.69 Å². The highest BCUT2D eigenvalue weighted by molar-refractivity contribution is 5.48. The lowest BCUT2D eigenvalue weighted by atomic mass is 9.98. The molecule has 1 fully saturated rings. The van der Waals surface area contributed by atoms with Crippen LogP contribution in [0.5, 0.6) is 0 Å². The largest absolute Gasteiger partial charge is 0.356 e. The number of nitro groups is 1. The fourth-order valence-corrected chi connectivity index (χ4v) is 2.63. The quantitative estimate of drug-likeness (QED) is 0.662. The van der Waals surface area contributed by atoms with Crippen LogP contribution in [0, 0.1) is 23.0 Å². The van der Waals surface area contributed by atoms with E-state index >= 15 is 0 Å². The Bertz CT molecular complexity index is 462. The minimum atomic E-state index is -0.383. The lowest BCUT2D eigenvalue weighted by molar-refractivity contribution is -0.385. The van der Waals surface area contributed by atoms with Crippen LogP contribution in [0.3, 0.4) is 0 Å². The van der Waals surface area contributed by atoms with E-state index in [0.29, 0.717) is 11.5 Å². The number of aromatic nitrogens is 1. The fraction of sp³-hybridized carbons (Fsp3) is 0.615. The lowest BCUT2D eigenvalue weighted by Gasteiger charge is -2.33. The van der Waals surface area contributed by atoms with Crippen molar-refractivity contribution in [2.45, 2.75) is 19.8 Å². The normalized spacial score (nSPS) is 19.5. The van der Waals surface area contributed by atoms with E-state index in [1.54, 1.807) is 6.92 Å². The fourth-order valence-electron chi connectivity index (χ4n) is 2.63. The van der Waals surface area contributed by atoms with Gasteiger partial charge in [-0.15, -0.1) is 0 Å². The molecule has 0 aromatic carbocycles. The van der Waals surface area contributed by atoms with Crippen LogP contribution in [0.1, 0.15) is 18.4 Å². The van der Waals surface area contributed by atoms with Crippen LogP contribution in [-0.4, -0.2) is 36.6 Å². The Kier molecular flexibility index (Phi) is 4.31. The number of rotatable bonds is 4. The Hall–Kier alpha value is -1.69. The first kappa shape index (κ1) is 13.7. The highest BCUT2D eigenvalue weighted by Gasteiger charge is 2.21. The molecule has 0 bridgehead atoms. The predicted octanol–water partition coefficient (Wildman–Crippen LogP) is 1.73. The van der Waals surface area contributed by atoms with Gasteiger partial charge in [-0.05, 0) is 45.3 Å². The second kappa shape index (κ2) is 5.97. The van der Waals surface area contributed by atoms with Crippen molar-refractivity contribution in [2.75, 3.05) is 31.6 Å². The Balaban J connectivity index is 2.13. The van der Waals surface area contributed by atoms with Crippen molar-refractivity contribution in [3.63, 3.8) is 0 Å². The molecule has 104 valence electrons. The highest BCUT2D eigenvalue weighted by Crippen LogP contribution is 2.25. The molecule has 1 atom stereocenters. The Morgan fingerprint density at radius 1 is 1.63 bits per heavy atom. The van der Waals surface area contributed by atoms with Gasteiger partial charge in [0.2, 0.25) is 0 Å². The van der Waals surface area contributed by atoms with Gasteiger partial charge in [-0.2, -0.15) is 0 Å². The smallest absolute Gasteiger partial charge is 0.290 e. The van der Waals surface area contributed by atoms with Gasteiger partial charge in [-0.3, -0.25) is 10.1 Å². The van der Waals surface area contributed by atoms with Crippen molar-refractivity contribution in [3.05, 3.63) is 27.9 Å². The predicted molar refractivity (Wildman–Crippen MR) is 74.5 cm³/mol. The molecule has 19 heavy (non-hydrogen) atoms. The maximum atomic E-state index is 10.8. The van der Waals surface area contributed by atoms with Crippen LogP contribution in [0.2, 0.25) is 0 Å². The molecule has 2 rings (SSSR count). The molecule has 1 aromatic rings. The summed E-state index contributed by atoms with van der Waals surface area (Å²) in [5.74, 6) is 1.47. The minimum absolute atomic E-state index is 0.0903. The van der Waals surface area contributed by atoms with Gasteiger partial charge in [0, 0.05) is 18.7 Å². The van der Waals surface area contributed by atoms with E-state index in [0.717, 1.165) is 31.9 Å². The number of piperidine rings is 1. The van der Waals surface area contributed by atoms with E-state index in [-0.39, 0.29) is 10.6 Å². The molecule has 0 amide bonds. The first-order chi connectivity index (χ1) is 9.11. The maximum Gasteiger partial charge on any atom is 0.290 e. The van der Waals surface area contributed by atoms with Gasteiger partial charge in [-0.25, -0.2) is 4.98 Å². The molecule has 0 spiro atoms. The zero-order valence-electron chi connectivity index (χ0n) is 11.4. The average molecular weight is 264 g/mol. The van der Waals surface area contributed by atoms with Crippen molar-refractivity contribution >= 4 is 11.5 Å². The number of nitrogens with zero attached hydrogens (tertiary/aromatic N) is 3. The summed E-state index contributed by atoms with van der Waals surface area (Å²) >= 11 is 0. The van der Waals surface area contributed by atoms with E-state index < -0.39 is 0 Å². The molecule has 1 aliphatic heterocycles. The summed E-state index contributed by atoms with van der Waals surface area (Å²) in [4.78, 5) is 16.9. The molecular formula is C13H20N4O2. The summed E-state index contributed by atoms with van der Waals surface area (Å²) in [6, 6.07) is 1.82. The summed E-state index contributed by atoms with van der Waals surface area (Å²) < 4.78 is 0. The second-order valence-corrected chi connectivity index (χ2v) is 5.10. The number of anilines is 1. The van der Waals surface area contributed by atoms with Gasteiger partial charge in [0.1, 0.15) is 12.0 Å². The van der Waals surface area contributed by atoms with Crippen molar-refractivity contribution in [1.29, 1.82) is 0 Å². The van der Waals surface area contributed by atoms with Gasteiger partial charge < -0.3 is 10.2 Å². The third-order valence-corrected chi connectivity index (χ3v) is 3.60. The summed E-state index contributed by atoms with van der Waals surface area (Å²) in [7, 11) is 1.97. The molecule has 2 heterocycles. The average Bonchev–Trinajstić information content (AvgIpc) is 2.39. The van der Waals surface area contributed by atoms with E-state index in [1.807, 2.05) is 13.1 Å². The highest BCUT2D eigenvalue weighted by atomic mass is 16.6. The monoisotopic (exact) mass is 264 g/mol. The van der Waals surface area contributed by atoms with Gasteiger partial charge in [0.15, 0.2) is 0 Å². The number of aryl methyl sites for hydroxylation is 1. The van der Waals surface area contributed by atoms with Crippen molar-refractivity contribution < 1.29 is 4.92 Å². The van der Waals surface area contributed by atoms with Gasteiger partial charge >= 0.3 is 0 Å². The second-order valence-electron chi connectivity index (χ2n) is 5.10. The van der Waals surface area contributed by atoms with Crippen LogP contribution >= 0.6 is 0 Å². The standard InChI is InChI=1S/C13H20N4O2/c1-10-6-13(15-8-12(10)17(18)19)16-5-3-4-11(9-16)7-14-2/h6,8,11,14H,3-5,7,9H2,1-2H3. The number of pyridine rings is 1. The molecule has 1 saturated heterocycles. The zero-order valence-corrected chi connectivity index (χ0v) is 11.4. The van der Waals surface area contributed by atoms with Crippen LogP contribution in [0.25, 0.3) is 0 Å². The molecule has 0 aliphatic carbocycles. The Morgan fingerprint density at radius 3 is 3.05 bits per heavy atom. The zero-order chi connectivity index (χ0) is 13.8. The SMILES string of the molecule is CNCC1CCCN(c2cc(C)c([N+](=O)[O-])cn2)C1. The van der Waals surface area contributed by atoms with Crippen molar-refractivity contribution in [1.82, 2.24) is 10.3 Å². The topological polar surface area (TPSA) is 71.3 Å². The van der Waals surface area contributed by atoms with E-state index in [9.17, 15) is 10.1 Å². The molecule has 1 aromatic heterocycles. The molecule has 0 saturated carbocycles. The summed E-state index contributed by atoms with van der Waals surface area (Å²) in [5.41, 5.74) is 0.762. The summed E-state index contributed by atoms with van der Waals surface area (Å²) in [6.07, 6.45) is 3.74. The van der Waals surface area contributed by atoms with Crippen LogP contribution < -0.4 is 10.2 Å². The number of hydrogen-bond donors (Lipinski definition) is 1. The molecule has 6 heteroatoms.